The van der Waals surface area contributed by atoms with Crippen LogP contribution in [0.3, 0.4) is 0 Å². The Labute approximate surface area is 335 Å². The normalized spacial score (nSPS) is 11.4. The van der Waals surface area contributed by atoms with E-state index in [9.17, 15) is 0 Å². The second-order valence-corrected chi connectivity index (χ2v) is 15.0. The zero-order valence-electron chi connectivity index (χ0n) is 30.2. The average molecular weight is 1080 g/mol. The first-order valence-corrected chi connectivity index (χ1v) is 20.3. The van der Waals surface area contributed by atoms with Gasteiger partial charge in [-0.25, -0.2) is 0 Å². The summed E-state index contributed by atoms with van der Waals surface area (Å²) in [6.45, 7) is 5.84. The molecule has 0 bridgehead atoms. The molecule has 0 radical (unpaired) electrons. The molecule has 6 aromatic heterocycles. The van der Waals surface area contributed by atoms with E-state index in [2.05, 4.69) is 134 Å². The van der Waals surface area contributed by atoms with E-state index in [-0.39, 0.29) is 0 Å². The number of para-hydroxylation sites is 2. The fourth-order valence-electron chi connectivity index (χ4n) is 6.45. The predicted molar refractivity (Wildman–Crippen MR) is 198 cm³/mol. The van der Waals surface area contributed by atoms with Crippen LogP contribution in [0.1, 0.15) is 61.3 Å². The number of nitrogens with zero attached hydrogens (tertiary/aromatic N) is 12. The van der Waals surface area contributed by atoms with Crippen molar-refractivity contribution in [3.05, 3.63) is 128 Å². The molecule has 0 N–H and O–H groups in total. The summed E-state index contributed by atoms with van der Waals surface area (Å²) in [5.41, 5.74) is 10.1. The number of unbranched alkanes of at least 4 members (excludes halogenated alkanes) is 4. The van der Waals surface area contributed by atoms with Gasteiger partial charge in [-0.1, -0.05) is 0 Å². The van der Waals surface area contributed by atoms with Crippen molar-refractivity contribution >= 4 is 22.3 Å². The van der Waals surface area contributed by atoms with Gasteiger partial charge >= 0.3 is 338 Å². The van der Waals surface area contributed by atoms with Crippen LogP contribution in [0, 0.1) is 33.6 Å². The van der Waals surface area contributed by atoms with Crippen molar-refractivity contribution in [2.24, 2.45) is 0 Å². The van der Waals surface area contributed by atoms with Crippen LogP contribution in [0.4, 0.5) is 0 Å². The summed E-state index contributed by atoms with van der Waals surface area (Å²) in [7, 11) is 0. The van der Waals surface area contributed by atoms with Crippen LogP contribution in [0.15, 0.2) is 85.7 Å². The third-order valence-electron chi connectivity index (χ3n) is 9.02. The Balaban J connectivity index is 0.000000167. The summed E-state index contributed by atoms with van der Waals surface area (Å²) < 4.78 is 11.1. The Morgan fingerprint density at radius 1 is 0.611 bits per heavy atom. The van der Waals surface area contributed by atoms with Crippen LogP contribution in [0.2, 0.25) is 0 Å². The van der Waals surface area contributed by atoms with Gasteiger partial charge in [0.05, 0.1) is 0 Å². The molecule has 0 aliphatic heterocycles. The fourth-order valence-corrected chi connectivity index (χ4v) is 8.53. The number of benzene rings is 2. The van der Waals surface area contributed by atoms with Crippen molar-refractivity contribution < 1.29 is 38.7 Å². The zero-order valence-corrected chi connectivity index (χ0v) is 34.7. The Hall–Kier alpha value is -4.66. The van der Waals surface area contributed by atoms with Gasteiger partial charge in [0, 0.05) is 0 Å². The molecule has 0 unspecified atom stereocenters. The molecule has 8 aromatic rings. The Bertz CT molecular complexity index is 2360. The van der Waals surface area contributed by atoms with Crippen molar-refractivity contribution in [2.45, 2.75) is 78.3 Å². The fraction of sp³-hybridized carbons (Fsp3) is 0.300. The Morgan fingerprint density at radius 2 is 1.07 bits per heavy atom. The molecule has 6 heterocycles. The summed E-state index contributed by atoms with van der Waals surface area (Å²) >= 11 is 4.74. The van der Waals surface area contributed by atoms with E-state index in [4.69, 9.17) is 0 Å². The van der Waals surface area contributed by atoms with E-state index < -0.39 is 0 Å². The maximum absolute atomic E-state index is 4.52. The van der Waals surface area contributed by atoms with Crippen LogP contribution in [-0.2, 0) is 64.6 Å². The van der Waals surface area contributed by atoms with Gasteiger partial charge in [0.15, 0.2) is 0 Å². The second-order valence-electron chi connectivity index (χ2n) is 13.0. The summed E-state index contributed by atoms with van der Waals surface area (Å²) in [5.74, 6) is 0. The quantitative estimate of drug-likeness (QED) is 0.0913. The molecule has 0 spiro atoms. The van der Waals surface area contributed by atoms with Gasteiger partial charge in [0.2, 0.25) is 0 Å². The van der Waals surface area contributed by atoms with Gasteiger partial charge in [-0.2, -0.15) is 0 Å². The van der Waals surface area contributed by atoms with Crippen LogP contribution >= 0.6 is 0 Å². The Kier molecular flexibility index (Phi) is 12.6. The molecule has 2 aromatic carbocycles. The first kappa shape index (κ1) is 37.6. The van der Waals surface area contributed by atoms with Crippen molar-refractivity contribution in [3.8, 4) is 11.4 Å². The summed E-state index contributed by atoms with van der Waals surface area (Å²) in [5, 5.41) is 16.5. The van der Waals surface area contributed by atoms with Gasteiger partial charge in [-0.05, 0) is 0 Å². The molecular weight excluding hydrogens is 1040 g/mol. The third kappa shape index (κ3) is 8.82. The molecule has 54 heavy (non-hydrogen) atoms. The number of hydrogen-bond donors (Lipinski definition) is 0. The van der Waals surface area contributed by atoms with E-state index >= 15 is 0 Å². The number of aromatic nitrogens is 12. The number of aryl methyl sites for hydroxylation is 6. The number of hydrogen-bond acceptors (Lipinski definition) is 6. The molecule has 0 aliphatic carbocycles. The second kappa shape index (κ2) is 18.1. The van der Waals surface area contributed by atoms with Crippen molar-refractivity contribution in [1.82, 2.24) is 58.6 Å². The maximum atomic E-state index is 4.52. The standard InChI is InChI=1S/2C20H20N6.2Pt/c2*1-16-12-17(24-23-16)8-4-3-7-11-25-15-26(18-9-5-2-6-10-18)20-19(25)13-21-14-22-20;;/h2*2,5-6,9,12-14H,3-4,7-8,11H2,1H3;;/q2*-2;;. The molecular formula is C40H40N12Pt2-4. The van der Waals surface area contributed by atoms with Gasteiger partial charge in [-0.15, -0.1) is 0 Å². The van der Waals surface area contributed by atoms with Crippen LogP contribution in [0.5, 0.6) is 0 Å². The van der Waals surface area contributed by atoms with Crippen molar-refractivity contribution in [1.29, 1.82) is 0 Å². The molecule has 14 heteroatoms. The predicted octanol–water partition coefficient (Wildman–Crippen LogP) is 6.35. The van der Waals surface area contributed by atoms with E-state index in [1.807, 2.05) is 62.6 Å². The van der Waals surface area contributed by atoms with Crippen molar-refractivity contribution in [3.63, 3.8) is 0 Å². The zero-order chi connectivity index (χ0) is 37.3. The SMILES string of the molecule is Cc1cc(CCCCCn2[c](=[Pt])n(-c3[c-]cccc3)c3ncncc32)n[n-]1.Cc1cc(CCCCCn2[c](=[Pt])n(-c3[c-]cccc3)c3ncncc32)n[n-]1. The molecule has 284 valence electrons. The van der Waals surface area contributed by atoms with E-state index in [0.717, 1.165) is 129 Å². The molecule has 12 nitrogen and oxygen atoms in total. The van der Waals surface area contributed by atoms with Gasteiger partial charge in [-0.3, -0.25) is 0 Å². The molecule has 0 saturated heterocycles. The molecule has 0 aliphatic rings. The summed E-state index contributed by atoms with van der Waals surface area (Å²) in [6, 6.07) is 26.7. The molecule has 0 atom stereocenters. The van der Waals surface area contributed by atoms with E-state index in [1.54, 1.807) is 12.7 Å². The Morgan fingerprint density at radius 3 is 1.46 bits per heavy atom. The molecule has 0 fully saturated rings. The summed E-state index contributed by atoms with van der Waals surface area (Å²) in [6.07, 6.45) is 15.7. The number of imidazole rings is 2. The van der Waals surface area contributed by atoms with E-state index in [0.29, 0.717) is 0 Å². The average Bonchev–Trinajstić information content (AvgIpc) is 3.95. The van der Waals surface area contributed by atoms with Gasteiger partial charge in [0.1, 0.15) is 0 Å². The molecule has 0 saturated carbocycles. The third-order valence-corrected chi connectivity index (χ3v) is 11.3. The van der Waals surface area contributed by atoms with Crippen molar-refractivity contribution in [2.75, 3.05) is 0 Å². The summed E-state index contributed by atoms with van der Waals surface area (Å²) in [4.78, 5) is 17.5. The molecule has 0 amide bonds. The van der Waals surface area contributed by atoms with Gasteiger partial charge in [0.25, 0.3) is 0 Å². The first-order chi connectivity index (χ1) is 26.5. The topological polar surface area (TPSA) is 125 Å². The monoisotopic (exact) mass is 1080 g/mol. The number of fused-ring (bicyclic) bond motifs is 2. The minimum absolute atomic E-state index is 0.917. The van der Waals surface area contributed by atoms with Gasteiger partial charge < -0.3 is 0 Å². The molecule has 8 rings (SSSR count). The first-order valence-electron chi connectivity index (χ1n) is 18.1. The van der Waals surface area contributed by atoms with E-state index in [1.165, 1.54) is 0 Å². The van der Waals surface area contributed by atoms with Crippen LogP contribution in [-0.4, -0.2) is 48.4 Å². The van der Waals surface area contributed by atoms with Crippen LogP contribution in [0.25, 0.3) is 33.7 Å². The van der Waals surface area contributed by atoms with Crippen LogP contribution < -0.4 is 10.2 Å². The minimum atomic E-state index is 0.917. The number of rotatable bonds is 14.